The molecule has 0 unspecified atom stereocenters. The number of carbonyl (C=O) groups is 2. The van der Waals surface area contributed by atoms with Crippen molar-refractivity contribution in [2.45, 2.75) is 44.6 Å². The van der Waals surface area contributed by atoms with E-state index in [0.717, 1.165) is 19.3 Å². The Morgan fingerprint density at radius 2 is 1.88 bits per heavy atom. The second kappa shape index (κ2) is 5.18. The molecule has 1 rings (SSSR count). The number of hydrogen-bond donors (Lipinski definition) is 2. The summed E-state index contributed by atoms with van der Waals surface area (Å²) < 4.78 is 0. The molecule has 0 heterocycles. The second-order valence-corrected chi connectivity index (χ2v) is 4.39. The molecule has 0 atom stereocenters. The number of hydrogen-bond acceptors (Lipinski definition) is 2. The quantitative estimate of drug-likeness (QED) is 0.767. The first kappa shape index (κ1) is 12.8. The maximum atomic E-state index is 11.7. The van der Waals surface area contributed by atoms with Crippen molar-refractivity contribution < 1.29 is 14.7 Å². The van der Waals surface area contributed by atoms with Crippen LogP contribution in [0.25, 0.3) is 0 Å². The molecular weight excluding hydrogens is 208 g/mol. The number of amides is 2. The molecule has 1 aliphatic rings. The van der Waals surface area contributed by atoms with Crippen LogP contribution >= 0.6 is 0 Å². The molecule has 1 saturated carbocycles. The van der Waals surface area contributed by atoms with E-state index in [2.05, 4.69) is 5.32 Å². The average molecular weight is 228 g/mol. The Balaban J connectivity index is 2.71. The first-order valence-corrected chi connectivity index (χ1v) is 5.78. The van der Waals surface area contributed by atoms with Crippen molar-refractivity contribution in [1.82, 2.24) is 10.2 Å². The van der Waals surface area contributed by atoms with E-state index in [1.54, 1.807) is 7.05 Å². The number of rotatable bonds is 3. The third kappa shape index (κ3) is 2.65. The normalized spacial score (nSPS) is 18.9. The number of carboxylic acid groups (broad SMARTS) is 1. The van der Waals surface area contributed by atoms with Gasteiger partial charge < -0.3 is 15.3 Å². The van der Waals surface area contributed by atoms with Gasteiger partial charge in [-0.15, -0.1) is 0 Å². The van der Waals surface area contributed by atoms with Crippen LogP contribution in [0.3, 0.4) is 0 Å². The minimum Gasteiger partial charge on any atom is -0.480 e. The molecule has 5 nitrogen and oxygen atoms in total. The Morgan fingerprint density at radius 3 is 2.31 bits per heavy atom. The molecule has 1 fully saturated rings. The molecule has 0 aromatic carbocycles. The molecule has 0 aliphatic heterocycles. The standard InChI is InChI=1S/C11H20N2O3/c1-3-13(2)10(16)12-11(9(14)15)7-5-4-6-8-11/h3-8H2,1-2H3,(H,12,16)(H,14,15). The van der Waals surface area contributed by atoms with Gasteiger partial charge in [-0.1, -0.05) is 19.3 Å². The lowest BCUT2D eigenvalue weighted by atomic mass is 9.82. The summed E-state index contributed by atoms with van der Waals surface area (Å²) in [6, 6.07) is -0.299. The van der Waals surface area contributed by atoms with Gasteiger partial charge in [-0.25, -0.2) is 9.59 Å². The van der Waals surface area contributed by atoms with E-state index in [4.69, 9.17) is 0 Å². The van der Waals surface area contributed by atoms with Crippen LogP contribution in [-0.2, 0) is 4.79 Å². The largest absolute Gasteiger partial charge is 0.480 e. The predicted octanol–water partition coefficient (Wildman–Crippen LogP) is 1.44. The molecule has 1 aliphatic carbocycles. The number of carbonyl (C=O) groups excluding carboxylic acids is 1. The minimum atomic E-state index is -1.04. The van der Waals surface area contributed by atoms with Crippen LogP contribution in [0.15, 0.2) is 0 Å². The highest BCUT2D eigenvalue weighted by Crippen LogP contribution is 2.28. The lowest BCUT2D eigenvalue weighted by Crippen LogP contribution is -2.58. The highest BCUT2D eigenvalue weighted by Gasteiger charge is 2.41. The van der Waals surface area contributed by atoms with Crippen LogP contribution in [0.5, 0.6) is 0 Å². The molecule has 2 N–H and O–H groups in total. The molecule has 0 saturated heterocycles. The number of nitrogens with one attached hydrogen (secondary N) is 1. The predicted molar refractivity (Wildman–Crippen MR) is 60.3 cm³/mol. The van der Waals surface area contributed by atoms with Crippen LogP contribution in [0.4, 0.5) is 4.79 Å². The van der Waals surface area contributed by atoms with E-state index in [9.17, 15) is 14.7 Å². The van der Waals surface area contributed by atoms with Crippen LogP contribution < -0.4 is 5.32 Å². The van der Waals surface area contributed by atoms with Crippen molar-refractivity contribution in [2.24, 2.45) is 0 Å². The molecule has 0 aromatic heterocycles. The van der Waals surface area contributed by atoms with Crippen molar-refractivity contribution in [1.29, 1.82) is 0 Å². The van der Waals surface area contributed by atoms with Gasteiger partial charge in [0.15, 0.2) is 0 Å². The summed E-state index contributed by atoms with van der Waals surface area (Å²) in [7, 11) is 1.66. The number of urea groups is 1. The summed E-state index contributed by atoms with van der Waals surface area (Å²) in [4.78, 5) is 24.5. The van der Waals surface area contributed by atoms with Crippen LogP contribution in [-0.4, -0.2) is 41.1 Å². The molecule has 5 heteroatoms. The van der Waals surface area contributed by atoms with Crippen molar-refractivity contribution in [3.8, 4) is 0 Å². The molecule has 92 valence electrons. The van der Waals surface area contributed by atoms with Gasteiger partial charge in [-0.3, -0.25) is 0 Å². The zero-order chi connectivity index (χ0) is 12.2. The fourth-order valence-electron chi connectivity index (χ4n) is 1.99. The van der Waals surface area contributed by atoms with E-state index < -0.39 is 11.5 Å². The van der Waals surface area contributed by atoms with Crippen LogP contribution in [0.1, 0.15) is 39.0 Å². The molecule has 0 aromatic rings. The lowest BCUT2D eigenvalue weighted by Gasteiger charge is -2.35. The summed E-state index contributed by atoms with van der Waals surface area (Å²) in [6.07, 6.45) is 3.84. The number of carboxylic acids is 1. The monoisotopic (exact) mass is 228 g/mol. The molecule has 2 amide bonds. The molecule has 0 spiro atoms. The van der Waals surface area contributed by atoms with E-state index in [1.807, 2.05) is 6.92 Å². The summed E-state index contributed by atoms with van der Waals surface area (Å²) in [5, 5.41) is 11.9. The van der Waals surface area contributed by atoms with Gasteiger partial charge >= 0.3 is 12.0 Å². The lowest BCUT2D eigenvalue weighted by molar-refractivity contribution is -0.145. The highest BCUT2D eigenvalue weighted by molar-refractivity contribution is 5.86. The fraction of sp³-hybridized carbons (Fsp3) is 0.818. The molecule has 0 bridgehead atoms. The molecular formula is C11H20N2O3. The Hall–Kier alpha value is -1.26. The summed E-state index contributed by atoms with van der Waals surface area (Å²) in [5.41, 5.74) is -1.04. The van der Waals surface area contributed by atoms with Gasteiger partial charge in [0, 0.05) is 13.6 Å². The topological polar surface area (TPSA) is 69.6 Å². The number of nitrogens with zero attached hydrogens (tertiary/aromatic N) is 1. The van der Waals surface area contributed by atoms with E-state index in [-0.39, 0.29) is 6.03 Å². The third-order valence-corrected chi connectivity index (χ3v) is 3.28. The van der Waals surface area contributed by atoms with E-state index in [0.29, 0.717) is 19.4 Å². The summed E-state index contributed by atoms with van der Waals surface area (Å²) in [6.45, 7) is 2.43. The van der Waals surface area contributed by atoms with E-state index >= 15 is 0 Å². The van der Waals surface area contributed by atoms with Gasteiger partial charge in [-0.2, -0.15) is 0 Å². The Kier molecular flexibility index (Phi) is 4.15. The van der Waals surface area contributed by atoms with Gasteiger partial charge in [-0.05, 0) is 19.8 Å². The SMILES string of the molecule is CCN(C)C(=O)NC1(C(=O)O)CCCCC1. The first-order chi connectivity index (χ1) is 7.52. The minimum absolute atomic E-state index is 0.299. The maximum Gasteiger partial charge on any atom is 0.329 e. The Labute approximate surface area is 95.8 Å². The van der Waals surface area contributed by atoms with E-state index in [1.165, 1.54) is 4.90 Å². The third-order valence-electron chi connectivity index (χ3n) is 3.28. The summed E-state index contributed by atoms with van der Waals surface area (Å²) >= 11 is 0. The van der Waals surface area contributed by atoms with Crippen molar-refractivity contribution in [2.75, 3.05) is 13.6 Å². The zero-order valence-electron chi connectivity index (χ0n) is 9.95. The molecule has 16 heavy (non-hydrogen) atoms. The van der Waals surface area contributed by atoms with Crippen LogP contribution in [0.2, 0.25) is 0 Å². The van der Waals surface area contributed by atoms with Crippen molar-refractivity contribution in [3.05, 3.63) is 0 Å². The summed E-state index contributed by atoms with van der Waals surface area (Å²) in [5.74, 6) is -0.912. The highest BCUT2D eigenvalue weighted by atomic mass is 16.4. The molecule has 0 radical (unpaired) electrons. The second-order valence-electron chi connectivity index (χ2n) is 4.39. The fourth-order valence-corrected chi connectivity index (χ4v) is 1.99. The zero-order valence-corrected chi connectivity index (χ0v) is 9.95. The van der Waals surface area contributed by atoms with Crippen LogP contribution in [0, 0.1) is 0 Å². The maximum absolute atomic E-state index is 11.7. The van der Waals surface area contributed by atoms with Gasteiger partial charge in [0.1, 0.15) is 5.54 Å². The Bertz CT molecular complexity index is 272. The van der Waals surface area contributed by atoms with Crippen molar-refractivity contribution in [3.63, 3.8) is 0 Å². The Morgan fingerprint density at radius 1 is 1.31 bits per heavy atom. The van der Waals surface area contributed by atoms with Gasteiger partial charge in [0.25, 0.3) is 0 Å². The number of aliphatic carboxylic acids is 1. The average Bonchev–Trinajstić information content (AvgIpc) is 2.28. The van der Waals surface area contributed by atoms with Gasteiger partial charge in [0.05, 0.1) is 0 Å². The van der Waals surface area contributed by atoms with Crippen molar-refractivity contribution >= 4 is 12.0 Å². The first-order valence-electron chi connectivity index (χ1n) is 5.78. The van der Waals surface area contributed by atoms with Gasteiger partial charge in [0.2, 0.25) is 0 Å². The smallest absolute Gasteiger partial charge is 0.329 e.